The molecule has 3 fully saturated rings. The van der Waals surface area contributed by atoms with Crippen molar-refractivity contribution >= 4 is 35.0 Å². The van der Waals surface area contributed by atoms with Gasteiger partial charge in [-0.25, -0.2) is 4.90 Å². The molecule has 1 saturated heterocycles. The highest BCUT2D eigenvalue weighted by Gasteiger charge is 2.48. The Labute approximate surface area is 164 Å². The summed E-state index contributed by atoms with van der Waals surface area (Å²) < 4.78 is 0. The highest BCUT2D eigenvalue weighted by molar-refractivity contribution is 6.30. The van der Waals surface area contributed by atoms with Crippen LogP contribution in [0.5, 0.6) is 0 Å². The Balaban J connectivity index is 1.61. The summed E-state index contributed by atoms with van der Waals surface area (Å²) >= 11 is 5.93. The SMILES string of the molecule is O=C1CC(N(C(=O)C2CC2)C2CCCCCC2)C(=O)N1c1ccc(Cl)cc1. The molecule has 0 spiro atoms. The fourth-order valence-corrected chi connectivity index (χ4v) is 4.49. The van der Waals surface area contributed by atoms with Crippen molar-refractivity contribution in [2.24, 2.45) is 5.92 Å². The first-order valence-corrected chi connectivity index (χ1v) is 10.4. The lowest BCUT2D eigenvalue weighted by Crippen LogP contribution is -2.51. The van der Waals surface area contributed by atoms with Gasteiger partial charge in [0.05, 0.1) is 12.1 Å². The summed E-state index contributed by atoms with van der Waals surface area (Å²) in [5, 5.41) is 0.554. The minimum atomic E-state index is -0.663. The number of benzene rings is 1. The number of imide groups is 1. The number of hydrogen-bond donors (Lipinski definition) is 0. The number of carbonyl (C=O) groups is 3. The summed E-state index contributed by atoms with van der Waals surface area (Å²) in [6, 6.07) is 6.11. The molecule has 144 valence electrons. The second kappa shape index (κ2) is 7.63. The first-order valence-electron chi connectivity index (χ1n) is 10.0. The maximum absolute atomic E-state index is 13.2. The molecule has 0 radical (unpaired) electrons. The van der Waals surface area contributed by atoms with E-state index in [9.17, 15) is 14.4 Å². The Morgan fingerprint density at radius 3 is 2.19 bits per heavy atom. The number of hydrogen-bond acceptors (Lipinski definition) is 3. The molecule has 0 bridgehead atoms. The molecule has 1 aromatic carbocycles. The van der Waals surface area contributed by atoms with Crippen molar-refractivity contribution in [3.05, 3.63) is 29.3 Å². The highest BCUT2D eigenvalue weighted by Crippen LogP contribution is 2.37. The maximum atomic E-state index is 13.2. The maximum Gasteiger partial charge on any atom is 0.257 e. The van der Waals surface area contributed by atoms with Crippen LogP contribution in [-0.4, -0.2) is 34.7 Å². The van der Waals surface area contributed by atoms with Gasteiger partial charge in [0.15, 0.2) is 0 Å². The predicted octanol–water partition coefficient (Wildman–Crippen LogP) is 3.93. The minimum absolute atomic E-state index is 0.0423. The van der Waals surface area contributed by atoms with Gasteiger partial charge in [0.25, 0.3) is 5.91 Å². The monoisotopic (exact) mass is 388 g/mol. The first kappa shape index (κ1) is 18.5. The predicted molar refractivity (Wildman–Crippen MR) is 103 cm³/mol. The number of anilines is 1. The number of halogens is 1. The molecule has 2 aliphatic carbocycles. The van der Waals surface area contributed by atoms with Gasteiger partial charge in [0, 0.05) is 17.0 Å². The molecule has 27 heavy (non-hydrogen) atoms. The Kier molecular flexibility index (Phi) is 5.22. The Morgan fingerprint density at radius 2 is 1.59 bits per heavy atom. The zero-order valence-corrected chi connectivity index (χ0v) is 16.2. The Bertz CT molecular complexity index is 736. The molecule has 3 amide bonds. The number of nitrogens with zero attached hydrogens (tertiary/aromatic N) is 2. The van der Waals surface area contributed by atoms with Crippen molar-refractivity contribution in [3.63, 3.8) is 0 Å². The average molecular weight is 389 g/mol. The Morgan fingerprint density at radius 1 is 0.963 bits per heavy atom. The normalized spacial score (nSPS) is 24.2. The van der Waals surface area contributed by atoms with Gasteiger partial charge in [0.1, 0.15) is 6.04 Å². The van der Waals surface area contributed by atoms with Gasteiger partial charge in [0.2, 0.25) is 11.8 Å². The molecule has 0 N–H and O–H groups in total. The molecule has 3 aliphatic rings. The van der Waals surface area contributed by atoms with E-state index in [1.807, 2.05) is 0 Å². The lowest BCUT2D eigenvalue weighted by atomic mass is 10.0. The van der Waals surface area contributed by atoms with Gasteiger partial charge in [-0.3, -0.25) is 14.4 Å². The number of rotatable bonds is 4. The van der Waals surface area contributed by atoms with Crippen LogP contribution >= 0.6 is 11.6 Å². The quantitative estimate of drug-likeness (QED) is 0.580. The van der Waals surface area contributed by atoms with E-state index in [1.54, 1.807) is 29.2 Å². The molecule has 1 heterocycles. The molecule has 5 nitrogen and oxygen atoms in total. The van der Waals surface area contributed by atoms with Gasteiger partial charge in [-0.1, -0.05) is 37.3 Å². The first-order chi connectivity index (χ1) is 13.1. The molecular formula is C21H25ClN2O3. The van der Waals surface area contributed by atoms with Crippen LogP contribution in [0, 0.1) is 5.92 Å². The van der Waals surface area contributed by atoms with E-state index in [1.165, 1.54) is 17.7 Å². The molecule has 1 atom stereocenters. The summed E-state index contributed by atoms with van der Waals surface area (Å²) in [4.78, 5) is 42.0. The summed E-state index contributed by atoms with van der Waals surface area (Å²) in [6.07, 6.45) is 8.25. The van der Waals surface area contributed by atoms with Crippen LogP contribution in [-0.2, 0) is 14.4 Å². The summed E-state index contributed by atoms with van der Waals surface area (Å²) in [5.74, 6) is -0.401. The third kappa shape index (κ3) is 3.75. The van der Waals surface area contributed by atoms with Crippen molar-refractivity contribution in [2.45, 2.75) is 69.9 Å². The molecule has 2 saturated carbocycles. The fourth-order valence-electron chi connectivity index (χ4n) is 4.36. The van der Waals surface area contributed by atoms with Crippen LogP contribution in [0.4, 0.5) is 5.69 Å². The highest BCUT2D eigenvalue weighted by atomic mass is 35.5. The topological polar surface area (TPSA) is 57.7 Å². The van der Waals surface area contributed by atoms with Crippen LogP contribution in [0.1, 0.15) is 57.8 Å². The zero-order chi connectivity index (χ0) is 19.0. The smallest absolute Gasteiger partial charge is 0.257 e. The molecular weight excluding hydrogens is 364 g/mol. The van der Waals surface area contributed by atoms with Crippen LogP contribution in [0.3, 0.4) is 0 Å². The lowest BCUT2D eigenvalue weighted by Gasteiger charge is -2.35. The lowest BCUT2D eigenvalue weighted by molar-refractivity contribution is -0.142. The van der Waals surface area contributed by atoms with Crippen molar-refractivity contribution in [2.75, 3.05) is 4.90 Å². The number of carbonyl (C=O) groups excluding carboxylic acids is 3. The third-order valence-electron chi connectivity index (χ3n) is 5.94. The van der Waals surface area contributed by atoms with E-state index < -0.39 is 6.04 Å². The zero-order valence-electron chi connectivity index (χ0n) is 15.4. The van der Waals surface area contributed by atoms with Gasteiger partial charge < -0.3 is 4.90 Å². The van der Waals surface area contributed by atoms with Crippen LogP contribution in [0.25, 0.3) is 0 Å². The van der Waals surface area contributed by atoms with Gasteiger partial charge >= 0.3 is 0 Å². The van der Waals surface area contributed by atoms with Crippen LogP contribution in [0.2, 0.25) is 5.02 Å². The average Bonchev–Trinajstić information content (AvgIpc) is 3.47. The van der Waals surface area contributed by atoms with E-state index >= 15 is 0 Å². The van der Waals surface area contributed by atoms with Gasteiger partial charge in [-0.2, -0.15) is 0 Å². The third-order valence-corrected chi connectivity index (χ3v) is 6.19. The Hall–Kier alpha value is -1.88. The molecule has 1 unspecified atom stereocenters. The second-order valence-corrected chi connectivity index (χ2v) is 8.37. The summed E-state index contributed by atoms with van der Waals surface area (Å²) in [5.41, 5.74) is 0.525. The summed E-state index contributed by atoms with van der Waals surface area (Å²) in [6.45, 7) is 0. The number of amides is 3. The van der Waals surface area contributed by atoms with E-state index in [0.29, 0.717) is 10.7 Å². The van der Waals surface area contributed by atoms with Gasteiger partial charge in [-0.05, 0) is 49.9 Å². The van der Waals surface area contributed by atoms with E-state index in [0.717, 1.165) is 38.5 Å². The van der Waals surface area contributed by atoms with E-state index in [2.05, 4.69) is 0 Å². The van der Waals surface area contributed by atoms with Crippen molar-refractivity contribution < 1.29 is 14.4 Å². The summed E-state index contributed by atoms with van der Waals surface area (Å²) in [7, 11) is 0. The minimum Gasteiger partial charge on any atom is -0.327 e. The van der Waals surface area contributed by atoms with Crippen LogP contribution < -0.4 is 4.90 Å². The van der Waals surface area contributed by atoms with Crippen molar-refractivity contribution in [3.8, 4) is 0 Å². The molecule has 4 rings (SSSR count). The van der Waals surface area contributed by atoms with Crippen LogP contribution in [0.15, 0.2) is 24.3 Å². The fraction of sp³-hybridized carbons (Fsp3) is 0.571. The second-order valence-electron chi connectivity index (χ2n) is 7.93. The molecule has 1 aromatic rings. The van der Waals surface area contributed by atoms with Crippen molar-refractivity contribution in [1.29, 1.82) is 0 Å². The molecule has 0 aromatic heterocycles. The largest absolute Gasteiger partial charge is 0.327 e. The van der Waals surface area contributed by atoms with E-state index in [-0.39, 0.29) is 36.1 Å². The molecule has 1 aliphatic heterocycles. The van der Waals surface area contributed by atoms with E-state index in [4.69, 9.17) is 11.6 Å². The van der Waals surface area contributed by atoms with Crippen molar-refractivity contribution in [1.82, 2.24) is 4.90 Å². The standard InChI is InChI=1S/C21H25ClN2O3/c22-15-9-11-17(12-10-15)24-19(25)13-18(21(24)27)23(20(26)14-7-8-14)16-5-3-1-2-4-6-16/h9-12,14,16,18H,1-8,13H2. The molecule has 6 heteroatoms. The van der Waals surface area contributed by atoms with Gasteiger partial charge in [-0.15, -0.1) is 0 Å².